The second-order valence-corrected chi connectivity index (χ2v) is 5.23. The minimum absolute atomic E-state index is 0.370. The predicted octanol–water partition coefficient (Wildman–Crippen LogP) is 3.22. The first kappa shape index (κ1) is 11.1. The van der Waals surface area contributed by atoms with Gasteiger partial charge in [-0.2, -0.15) is 11.3 Å². The molecule has 1 fully saturated rings. The van der Waals surface area contributed by atoms with Gasteiger partial charge in [-0.05, 0) is 41.1 Å². The standard InChI is InChI=1S/C12H20N2S/c13-14-12(11-7-8-15-9-11)10-5-3-1-2-4-6-10/h7-10,12,14H,1-6,13H2. The number of nitrogens with one attached hydrogen (secondary N) is 1. The van der Waals surface area contributed by atoms with Gasteiger partial charge in [-0.1, -0.05) is 25.7 Å². The molecule has 15 heavy (non-hydrogen) atoms. The van der Waals surface area contributed by atoms with Gasteiger partial charge >= 0.3 is 0 Å². The van der Waals surface area contributed by atoms with E-state index in [1.54, 1.807) is 11.3 Å². The van der Waals surface area contributed by atoms with E-state index in [0.29, 0.717) is 6.04 Å². The molecule has 84 valence electrons. The van der Waals surface area contributed by atoms with E-state index >= 15 is 0 Å². The summed E-state index contributed by atoms with van der Waals surface area (Å²) in [5.74, 6) is 6.43. The van der Waals surface area contributed by atoms with E-state index in [2.05, 4.69) is 22.3 Å². The molecule has 0 aliphatic heterocycles. The smallest absolute Gasteiger partial charge is 0.0496 e. The molecule has 3 heteroatoms. The van der Waals surface area contributed by atoms with Crippen molar-refractivity contribution in [3.05, 3.63) is 22.4 Å². The first-order valence-corrected chi connectivity index (χ1v) is 6.84. The molecule has 3 N–H and O–H groups in total. The number of hydrazine groups is 1. The molecule has 1 unspecified atom stereocenters. The Hall–Kier alpha value is -0.380. The fourth-order valence-corrected chi connectivity index (χ4v) is 3.30. The predicted molar refractivity (Wildman–Crippen MR) is 65.6 cm³/mol. The van der Waals surface area contributed by atoms with Crippen molar-refractivity contribution in [2.24, 2.45) is 11.8 Å². The monoisotopic (exact) mass is 224 g/mol. The van der Waals surface area contributed by atoms with Crippen LogP contribution >= 0.6 is 11.3 Å². The van der Waals surface area contributed by atoms with Crippen LogP contribution < -0.4 is 11.3 Å². The van der Waals surface area contributed by atoms with Crippen molar-refractivity contribution in [1.82, 2.24) is 5.43 Å². The van der Waals surface area contributed by atoms with Gasteiger partial charge in [-0.3, -0.25) is 11.3 Å². The summed E-state index contributed by atoms with van der Waals surface area (Å²) in [6.07, 6.45) is 8.18. The molecule has 1 atom stereocenters. The van der Waals surface area contributed by atoms with Crippen LogP contribution in [-0.4, -0.2) is 0 Å². The van der Waals surface area contributed by atoms with Crippen molar-refractivity contribution in [3.63, 3.8) is 0 Å². The molecule has 1 aliphatic rings. The SMILES string of the molecule is NNC(c1ccsc1)C1CCCCCC1. The zero-order chi connectivity index (χ0) is 10.5. The first-order chi connectivity index (χ1) is 7.42. The summed E-state index contributed by atoms with van der Waals surface area (Å²) in [6.45, 7) is 0. The van der Waals surface area contributed by atoms with Crippen LogP contribution in [0.1, 0.15) is 50.1 Å². The van der Waals surface area contributed by atoms with Gasteiger partial charge in [0.1, 0.15) is 0 Å². The molecule has 0 bridgehead atoms. The average molecular weight is 224 g/mol. The summed E-state index contributed by atoms with van der Waals surface area (Å²) in [5.41, 5.74) is 4.38. The van der Waals surface area contributed by atoms with Crippen molar-refractivity contribution >= 4 is 11.3 Å². The van der Waals surface area contributed by atoms with Gasteiger partial charge in [0.25, 0.3) is 0 Å². The zero-order valence-electron chi connectivity index (χ0n) is 9.11. The van der Waals surface area contributed by atoms with Gasteiger partial charge in [0.05, 0.1) is 0 Å². The maximum atomic E-state index is 5.70. The third kappa shape index (κ3) is 2.80. The summed E-state index contributed by atoms with van der Waals surface area (Å²) >= 11 is 1.76. The van der Waals surface area contributed by atoms with Gasteiger partial charge in [0.2, 0.25) is 0 Å². The summed E-state index contributed by atoms with van der Waals surface area (Å²) in [6, 6.07) is 2.56. The Balaban J connectivity index is 2.04. The number of thiophene rings is 1. The Morgan fingerprint density at radius 3 is 2.53 bits per heavy atom. The maximum Gasteiger partial charge on any atom is 0.0496 e. The third-order valence-corrected chi connectivity index (χ3v) is 4.15. The Labute approximate surface area is 95.8 Å². The number of hydrogen-bond donors (Lipinski definition) is 2. The van der Waals surface area contributed by atoms with Gasteiger partial charge in [0.15, 0.2) is 0 Å². The molecule has 2 nitrogen and oxygen atoms in total. The summed E-state index contributed by atoms with van der Waals surface area (Å²) in [5, 5.41) is 4.35. The molecule has 0 radical (unpaired) electrons. The van der Waals surface area contributed by atoms with Crippen molar-refractivity contribution in [3.8, 4) is 0 Å². The Morgan fingerprint density at radius 2 is 2.00 bits per heavy atom. The summed E-state index contributed by atoms with van der Waals surface area (Å²) in [7, 11) is 0. The Bertz CT molecular complexity index is 263. The molecule has 1 aromatic heterocycles. The molecule has 1 aromatic rings. The van der Waals surface area contributed by atoms with Gasteiger partial charge < -0.3 is 0 Å². The lowest BCUT2D eigenvalue weighted by Crippen LogP contribution is -2.33. The Kier molecular flexibility index (Phi) is 4.18. The summed E-state index contributed by atoms with van der Waals surface area (Å²) in [4.78, 5) is 0. The lowest BCUT2D eigenvalue weighted by molar-refractivity contribution is 0.329. The molecular weight excluding hydrogens is 204 g/mol. The fourth-order valence-electron chi connectivity index (χ4n) is 2.60. The number of nitrogens with two attached hydrogens (primary N) is 1. The normalized spacial score (nSPS) is 21.1. The van der Waals surface area contributed by atoms with Crippen molar-refractivity contribution in [2.45, 2.75) is 44.6 Å². The van der Waals surface area contributed by atoms with Crippen LogP contribution in [0.15, 0.2) is 16.8 Å². The van der Waals surface area contributed by atoms with Crippen LogP contribution in [-0.2, 0) is 0 Å². The van der Waals surface area contributed by atoms with Crippen molar-refractivity contribution in [1.29, 1.82) is 0 Å². The Morgan fingerprint density at radius 1 is 1.27 bits per heavy atom. The number of rotatable bonds is 3. The van der Waals surface area contributed by atoms with Gasteiger partial charge in [-0.15, -0.1) is 0 Å². The van der Waals surface area contributed by atoms with Crippen LogP contribution in [0.25, 0.3) is 0 Å². The van der Waals surface area contributed by atoms with Gasteiger partial charge in [-0.25, -0.2) is 0 Å². The first-order valence-electron chi connectivity index (χ1n) is 5.90. The van der Waals surface area contributed by atoms with E-state index < -0.39 is 0 Å². The van der Waals surface area contributed by atoms with E-state index in [1.807, 2.05) is 0 Å². The quantitative estimate of drug-likeness (QED) is 0.470. The van der Waals surface area contributed by atoms with E-state index in [9.17, 15) is 0 Å². The average Bonchev–Trinajstić information content (AvgIpc) is 2.63. The van der Waals surface area contributed by atoms with Gasteiger partial charge in [0, 0.05) is 6.04 Å². The molecule has 1 aliphatic carbocycles. The lowest BCUT2D eigenvalue weighted by atomic mass is 9.89. The highest BCUT2D eigenvalue weighted by Crippen LogP contribution is 2.33. The largest absolute Gasteiger partial charge is 0.271 e. The molecule has 2 rings (SSSR count). The molecule has 1 heterocycles. The molecule has 0 spiro atoms. The molecule has 0 aromatic carbocycles. The molecule has 1 saturated carbocycles. The van der Waals surface area contributed by atoms with Crippen LogP contribution in [0, 0.1) is 5.92 Å². The van der Waals surface area contributed by atoms with E-state index in [4.69, 9.17) is 5.84 Å². The minimum atomic E-state index is 0.370. The molecule has 0 saturated heterocycles. The highest BCUT2D eigenvalue weighted by molar-refractivity contribution is 7.07. The maximum absolute atomic E-state index is 5.70. The minimum Gasteiger partial charge on any atom is -0.271 e. The second-order valence-electron chi connectivity index (χ2n) is 4.45. The van der Waals surface area contributed by atoms with E-state index in [0.717, 1.165) is 5.92 Å². The van der Waals surface area contributed by atoms with E-state index in [-0.39, 0.29) is 0 Å². The van der Waals surface area contributed by atoms with Crippen LogP contribution in [0.5, 0.6) is 0 Å². The van der Waals surface area contributed by atoms with Crippen molar-refractivity contribution in [2.75, 3.05) is 0 Å². The summed E-state index contributed by atoms with van der Waals surface area (Å²) < 4.78 is 0. The second kappa shape index (κ2) is 5.64. The zero-order valence-corrected chi connectivity index (χ0v) is 9.93. The third-order valence-electron chi connectivity index (χ3n) is 3.45. The van der Waals surface area contributed by atoms with Crippen molar-refractivity contribution < 1.29 is 0 Å². The molecular formula is C12H20N2S. The highest BCUT2D eigenvalue weighted by atomic mass is 32.1. The lowest BCUT2D eigenvalue weighted by Gasteiger charge is -2.24. The highest BCUT2D eigenvalue weighted by Gasteiger charge is 2.23. The molecule has 0 amide bonds. The van der Waals surface area contributed by atoms with E-state index in [1.165, 1.54) is 44.1 Å². The number of hydrogen-bond acceptors (Lipinski definition) is 3. The van der Waals surface area contributed by atoms with Crippen LogP contribution in [0.4, 0.5) is 0 Å². The topological polar surface area (TPSA) is 38.0 Å². The van der Waals surface area contributed by atoms with Crippen LogP contribution in [0.3, 0.4) is 0 Å². The fraction of sp³-hybridized carbons (Fsp3) is 0.667. The van der Waals surface area contributed by atoms with Crippen LogP contribution in [0.2, 0.25) is 0 Å².